The number of carbonyl (C=O) groups excluding carboxylic acids is 2. The molecule has 0 aliphatic heterocycles. The first-order valence-electron chi connectivity index (χ1n) is 5.27. The lowest BCUT2D eigenvalue weighted by Crippen LogP contribution is -2.10. The van der Waals surface area contributed by atoms with Crippen LogP contribution >= 0.6 is 0 Å². The van der Waals surface area contributed by atoms with E-state index in [-0.39, 0.29) is 12.4 Å². The summed E-state index contributed by atoms with van der Waals surface area (Å²) in [5.41, 5.74) is 2.04. The van der Waals surface area contributed by atoms with Crippen LogP contribution in [0.2, 0.25) is 0 Å². The van der Waals surface area contributed by atoms with Crippen molar-refractivity contribution >= 4 is 12.3 Å². The molecule has 0 heterocycles. The maximum Gasteiger partial charge on any atom is 0.310 e. The van der Waals surface area contributed by atoms with Gasteiger partial charge in [-0.2, -0.15) is 5.26 Å². The van der Waals surface area contributed by atoms with Gasteiger partial charge in [-0.15, -0.1) is 0 Å². The zero-order chi connectivity index (χ0) is 12.8. The highest BCUT2D eigenvalue weighted by molar-refractivity contribution is 5.84. The summed E-state index contributed by atoms with van der Waals surface area (Å²) in [6.07, 6.45) is 0.721. The summed E-state index contributed by atoms with van der Waals surface area (Å²) in [6.45, 7) is 3.73. The predicted molar refractivity (Wildman–Crippen MR) is 61.6 cm³/mol. The number of hydrogen-bond acceptors (Lipinski definition) is 4. The molecule has 0 saturated carbocycles. The van der Waals surface area contributed by atoms with Crippen LogP contribution < -0.4 is 0 Å². The Morgan fingerprint density at radius 3 is 2.76 bits per heavy atom. The van der Waals surface area contributed by atoms with Crippen LogP contribution in [0.25, 0.3) is 0 Å². The fourth-order valence-corrected chi connectivity index (χ4v) is 1.59. The van der Waals surface area contributed by atoms with Crippen LogP contribution in [0.1, 0.15) is 34.0 Å². The monoisotopic (exact) mass is 231 g/mol. The molecule has 0 amide bonds. The van der Waals surface area contributed by atoms with Crippen molar-refractivity contribution in [2.24, 2.45) is 0 Å². The number of hydrogen-bond donors (Lipinski definition) is 0. The molecule has 4 nitrogen and oxygen atoms in total. The molecule has 0 unspecified atom stereocenters. The van der Waals surface area contributed by atoms with Crippen molar-refractivity contribution in [2.75, 3.05) is 6.61 Å². The predicted octanol–water partition coefficient (Wildman–Crippen LogP) is 1.78. The van der Waals surface area contributed by atoms with Gasteiger partial charge in [0.15, 0.2) is 6.29 Å². The molecule has 0 aliphatic carbocycles. The lowest BCUT2D eigenvalue weighted by atomic mass is 9.96. The number of ether oxygens (including phenoxy) is 1. The Morgan fingerprint density at radius 1 is 1.53 bits per heavy atom. The van der Waals surface area contributed by atoms with Gasteiger partial charge < -0.3 is 4.74 Å². The second-order valence-electron chi connectivity index (χ2n) is 3.52. The number of nitrogens with zero attached hydrogens (tertiary/aromatic N) is 1. The molecular formula is C13H13NO3. The van der Waals surface area contributed by atoms with Crippen molar-refractivity contribution in [1.29, 1.82) is 5.26 Å². The number of esters is 1. The van der Waals surface area contributed by atoms with Gasteiger partial charge in [-0.3, -0.25) is 9.59 Å². The third-order valence-electron chi connectivity index (χ3n) is 2.48. The number of nitriles is 1. The molecule has 0 atom stereocenters. The van der Waals surface area contributed by atoms with Crippen LogP contribution in [-0.2, 0) is 16.0 Å². The Labute approximate surface area is 99.8 Å². The molecule has 0 aliphatic rings. The molecule has 0 N–H and O–H groups in total. The van der Waals surface area contributed by atoms with Crippen molar-refractivity contribution in [3.8, 4) is 6.07 Å². The van der Waals surface area contributed by atoms with Gasteiger partial charge in [-0.1, -0.05) is 6.07 Å². The first kappa shape index (κ1) is 12.9. The molecule has 1 rings (SSSR count). The number of rotatable bonds is 4. The van der Waals surface area contributed by atoms with E-state index in [1.807, 2.05) is 6.07 Å². The maximum atomic E-state index is 11.3. The molecule has 4 heteroatoms. The average molecular weight is 231 g/mol. The Bertz CT molecular complexity index is 486. The van der Waals surface area contributed by atoms with E-state index in [1.54, 1.807) is 26.0 Å². The second-order valence-corrected chi connectivity index (χ2v) is 3.52. The van der Waals surface area contributed by atoms with Crippen LogP contribution in [0, 0.1) is 18.3 Å². The van der Waals surface area contributed by atoms with Crippen molar-refractivity contribution in [2.45, 2.75) is 20.3 Å². The van der Waals surface area contributed by atoms with Crippen LogP contribution in [0.3, 0.4) is 0 Å². The molecule has 1 aromatic rings. The van der Waals surface area contributed by atoms with Crippen molar-refractivity contribution in [3.05, 3.63) is 34.4 Å². The van der Waals surface area contributed by atoms with Crippen LogP contribution in [0.4, 0.5) is 0 Å². The molecule has 0 bridgehead atoms. The first-order chi connectivity index (χ1) is 8.13. The molecule has 0 fully saturated rings. The Balaban J connectivity index is 3.10. The number of carbonyl (C=O) groups is 2. The van der Waals surface area contributed by atoms with Crippen molar-refractivity contribution < 1.29 is 14.3 Å². The summed E-state index contributed by atoms with van der Waals surface area (Å²) < 4.78 is 4.82. The largest absolute Gasteiger partial charge is 0.466 e. The fraction of sp³-hybridized carbons (Fsp3) is 0.308. The van der Waals surface area contributed by atoms with Gasteiger partial charge in [0.05, 0.1) is 24.7 Å². The van der Waals surface area contributed by atoms with E-state index in [9.17, 15) is 9.59 Å². The molecular weight excluding hydrogens is 218 g/mol. The van der Waals surface area contributed by atoms with Crippen LogP contribution in [-0.4, -0.2) is 18.9 Å². The first-order valence-corrected chi connectivity index (χ1v) is 5.27. The lowest BCUT2D eigenvalue weighted by molar-refractivity contribution is -0.142. The maximum absolute atomic E-state index is 11.3. The summed E-state index contributed by atoms with van der Waals surface area (Å²) in [5, 5.41) is 8.84. The number of aldehydes is 1. The molecule has 0 aromatic heterocycles. The van der Waals surface area contributed by atoms with E-state index in [1.165, 1.54) is 0 Å². The third-order valence-corrected chi connectivity index (χ3v) is 2.48. The van der Waals surface area contributed by atoms with E-state index in [2.05, 4.69) is 0 Å². The van der Waals surface area contributed by atoms with E-state index >= 15 is 0 Å². The zero-order valence-electron chi connectivity index (χ0n) is 9.82. The third kappa shape index (κ3) is 2.91. The summed E-state index contributed by atoms with van der Waals surface area (Å²) in [6, 6.07) is 5.23. The summed E-state index contributed by atoms with van der Waals surface area (Å²) in [4.78, 5) is 22.3. The summed E-state index contributed by atoms with van der Waals surface area (Å²) in [5.74, 6) is -0.375. The minimum atomic E-state index is -0.375. The second kappa shape index (κ2) is 5.80. The Hall–Kier alpha value is -2.15. The average Bonchev–Trinajstić information content (AvgIpc) is 2.30. The fourth-order valence-electron chi connectivity index (χ4n) is 1.59. The van der Waals surface area contributed by atoms with E-state index < -0.39 is 0 Å². The minimum Gasteiger partial charge on any atom is -0.466 e. The minimum absolute atomic E-state index is 0.0501. The van der Waals surface area contributed by atoms with Crippen LogP contribution in [0.5, 0.6) is 0 Å². The van der Waals surface area contributed by atoms with Gasteiger partial charge in [0.2, 0.25) is 0 Å². The molecule has 0 radical (unpaired) electrons. The van der Waals surface area contributed by atoms with Gasteiger partial charge >= 0.3 is 5.97 Å². The van der Waals surface area contributed by atoms with Gasteiger partial charge in [0, 0.05) is 5.56 Å². The normalized spacial score (nSPS) is 9.47. The molecule has 1 aromatic carbocycles. The van der Waals surface area contributed by atoms with Gasteiger partial charge in [-0.25, -0.2) is 0 Å². The van der Waals surface area contributed by atoms with Gasteiger partial charge in [0.1, 0.15) is 0 Å². The zero-order valence-corrected chi connectivity index (χ0v) is 9.82. The van der Waals surface area contributed by atoms with Crippen LogP contribution in [0.15, 0.2) is 12.1 Å². The number of benzene rings is 1. The van der Waals surface area contributed by atoms with Crippen molar-refractivity contribution in [3.63, 3.8) is 0 Å². The Morgan fingerprint density at radius 2 is 2.24 bits per heavy atom. The summed E-state index contributed by atoms with van der Waals surface area (Å²) in [7, 11) is 0. The Kier molecular flexibility index (Phi) is 4.41. The highest BCUT2D eigenvalue weighted by atomic mass is 16.5. The van der Waals surface area contributed by atoms with Gasteiger partial charge in [-0.05, 0) is 31.0 Å². The highest BCUT2D eigenvalue weighted by Gasteiger charge is 2.12. The molecule has 17 heavy (non-hydrogen) atoms. The molecule has 88 valence electrons. The van der Waals surface area contributed by atoms with Crippen molar-refractivity contribution in [1.82, 2.24) is 0 Å². The summed E-state index contributed by atoms with van der Waals surface area (Å²) >= 11 is 0. The smallest absolute Gasteiger partial charge is 0.310 e. The highest BCUT2D eigenvalue weighted by Crippen LogP contribution is 2.17. The van der Waals surface area contributed by atoms with Gasteiger partial charge in [0.25, 0.3) is 0 Å². The van der Waals surface area contributed by atoms with E-state index in [0.717, 1.165) is 0 Å². The quantitative estimate of drug-likeness (QED) is 0.585. The SMILES string of the molecule is CCOC(=O)Cc1ccc(C#N)c(C)c1C=O. The van der Waals surface area contributed by atoms with E-state index in [4.69, 9.17) is 10.00 Å². The topological polar surface area (TPSA) is 67.2 Å². The molecule has 0 saturated heterocycles. The van der Waals surface area contributed by atoms with E-state index in [0.29, 0.717) is 35.1 Å². The standard InChI is InChI=1S/C13H13NO3/c1-3-17-13(16)6-10-4-5-11(7-14)9(2)12(10)8-15/h4-5,8H,3,6H2,1-2H3. The molecule has 0 spiro atoms. The lowest BCUT2D eigenvalue weighted by Gasteiger charge is -2.08.